The summed E-state index contributed by atoms with van der Waals surface area (Å²) in [4.78, 5) is 0. The zero-order valence-electron chi connectivity index (χ0n) is 11.7. The zero-order chi connectivity index (χ0) is 15.9. The number of hydrogen-bond acceptors (Lipinski definition) is 9. The molecule has 1 aromatic heterocycles. The van der Waals surface area contributed by atoms with Gasteiger partial charge in [-0.25, -0.2) is 4.68 Å². The van der Waals surface area contributed by atoms with Crippen LogP contribution in [-0.4, -0.2) is 84.2 Å². The molecular weight excluding hydrogens is 296 g/mol. The average molecular weight is 316 g/mol. The summed E-state index contributed by atoms with van der Waals surface area (Å²) in [6.07, 6.45) is -4.87. The predicted molar refractivity (Wildman–Crippen MR) is 70.4 cm³/mol. The fraction of sp³-hybridized carbons (Fsp3) is 0.833. The molecule has 0 spiro atoms. The number of aliphatic hydroxyl groups excluding tert-OH is 5. The minimum Gasteiger partial charge on any atom is -0.394 e. The fourth-order valence-corrected chi connectivity index (χ4v) is 2.85. The molecule has 22 heavy (non-hydrogen) atoms. The lowest BCUT2D eigenvalue weighted by molar-refractivity contribution is -0.254. The Kier molecular flexibility index (Phi) is 4.41. The lowest BCUT2D eigenvalue weighted by Crippen LogP contribution is -2.56. The van der Waals surface area contributed by atoms with Crippen LogP contribution in [0.25, 0.3) is 0 Å². The number of rotatable bonds is 3. The zero-order valence-corrected chi connectivity index (χ0v) is 11.7. The van der Waals surface area contributed by atoms with Crippen LogP contribution in [0.4, 0.5) is 0 Å². The van der Waals surface area contributed by atoms with Crippen LogP contribution in [0.5, 0.6) is 0 Å². The van der Waals surface area contributed by atoms with E-state index in [0.29, 0.717) is 18.7 Å². The first-order valence-corrected chi connectivity index (χ1v) is 7.16. The highest BCUT2D eigenvalue weighted by Crippen LogP contribution is 2.29. The summed E-state index contributed by atoms with van der Waals surface area (Å²) in [6.45, 7) is 0.157. The first-order chi connectivity index (χ1) is 10.5. The number of hydrogen-bond donors (Lipinski definition) is 6. The molecule has 6 N–H and O–H groups in total. The van der Waals surface area contributed by atoms with Gasteiger partial charge in [-0.15, -0.1) is 5.10 Å². The highest BCUT2D eigenvalue weighted by Gasteiger charge is 2.45. The molecule has 7 atom stereocenters. The van der Waals surface area contributed by atoms with Gasteiger partial charge in [0, 0.05) is 0 Å². The molecule has 0 saturated carbocycles. The summed E-state index contributed by atoms with van der Waals surface area (Å²) in [5.41, 5.74) is 0.488. The van der Waals surface area contributed by atoms with Crippen molar-refractivity contribution in [2.45, 2.75) is 49.2 Å². The molecule has 0 bridgehead atoms. The van der Waals surface area contributed by atoms with E-state index in [2.05, 4.69) is 15.6 Å². The van der Waals surface area contributed by atoms with Crippen molar-refractivity contribution in [1.29, 1.82) is 0 Å². The molecular formula is C12H20N4O6. The van der Waals surface area contributed by atoms with E-state index in [1.54, 1.807) is 0 Å². The van der Waals surface area contributed by atoms with E-state index in [1.165, 1.54) is 10.9 Å². The standard InChI is InChI=1S/C12H20N4O6/c17-4-7-9(19)10(20)11(21)12(22-7)16-3-5(14-15-16)8-6(18)1-2-13-8/h3,6-13,17-21H,1-2,4H2/t6-,7+,8+,9+,10-,11+,12+/m0/s1. The normalized spacial score (nSPS) is 42.7. The Morgan fingerprint density at radius 2 is 2.00 bits per heavy atom. The fourth-order valence-electron chi connectivity index (χ4n) is 2.85. The molecule has 3 rings (SSSR count). The van der Waals surface area contributed by atoms with Crippen LogP contribution in [0.15, 0.2) is 6.20 Å². The van der Waals surface area contributed by atoms with Crippen molar-refractivity contribution in [2.75, 3.05) is 13.2 Å². The van der Waals surface area contributed by atoms with Crippen molar-refractivity contribution >= 4 is 0 Å². The van der Waals surface area contributed by atoms with Gasteiger partial charge >= 0.3 is 0 Å². The van der Waals surface area contributed by atoms with Crippen molar-refractivity contribution in [2.24, 2.45) is 0 Å². The third kappa shape index (κ3) is 2.63. The molecule has 2 saturated heterocycles. The summed E-state index contributed by atoms with van der Waals surface area (Å²) in [5, 5.41) is 59.5. The largest absolute Gasteiger partial charge is 0.394 e. The van der Waals surface area contributed by atoms with Gasteiger partial charge in [-0.05, 0) is 13.0 Å². The summed E-state index contributed by atoms with van der Waals surface area (Å²) in [5.74, 6) is 0. The van der Waals surface area contributed by atoms with Crippen LogP contribution < -0.4 is 5.32 Å². The maximum absolute atomic E-state index is 10.0. The van der Waals surface area contributed by atoms with E-state index in [-0.39, 0.29) is 6.04 Å². The SMILES string of the molecule is OC[C@H]1O[C@@H](n2cc([C@H]3NCC[C@@H]3O)nn2)[C@H](O)[C@@H](O)[C@@H]1O. The highest BCUT2D eigenvalue weighted by molar-refractivity contribution is 5.07. The number of ether oxygens (including phenoxy) is 1. The van der Waals surface area contributed by atoms with Gasteiger partial charge in [-0.2, -0.15) is 0 Å². The van der Waals surface area contributed by atoms with Crippen molar-refractivity contribution in [3.8, 4) is 0 Å². The van der Waals surface area contributed by atoms with Crippen LogP contribution in [0.1, 0.15) is 24.4 Å². The molecule has 10 nitrogen and oxygen atoms in total. The smallest absolute Gasteiger partial charge is 0.180 e. The lowest BCUT2D eigenvalue weighted by Gasteiger charge is -2.39. The summed E-state index contributed by atoms with van der Waals surface area (Å²) < 4.78 is 6.60. The van der Waals surface area contributed by atoms with Gasteiger partial charge in [-0.3, -0.25) is 0 Å². The highest BCUT2D eigenvalue weighted by atomic mass is 16.6. The van der Waals surface area contributed by atoms with Crippen LogP contribution in [0.2, 0.25) is 0 Å². The van der Waals surface area contributed by atoms with Gasteiger partial charge in [0.25, 0.3) is 0 Å². The Morgan fingerprint density at radius 1 is 1.23 bits per heavy atom. The summed E-state index contributed by atoms with van der Waals surface area (Å²) in [7, 11) is 0. The number of aromatic nitrogens is 3. The first kappa shape index (κ1) is 15.7. The maximum Gasteiger partial charge on any atom is 0.180 e. The van der Waals surface area contributed by atoms with E-state index in [9.17, 15) is 25.5 Å². The second kappa shape index (κ2) is 6.16. The number of aliphatic hydroxyl groups is 5. The third-order valence-corrected chi connectivity index (χ3v) is 4.16. The number of nitrogens with one attached hydrogen (secondary N) is 1. The average Bonchev–Trinajstić information content (AvgIpc) is 3.14. The lowest BCUT2D eigenvalue weighted by atomic mass is 9.98. The first-order valence-electron chi connectivity index (χ1n) is 7.16. The second-order valence-electron chi connectivity index (χ2n) is 5.63. The van der Waals surface area contributed by atoms with Gasteiger partial charge in [-0.1, -0.05) is 5.21 Å². The van der Waals surface area contributed by atoms with E-state index in [1.807, 2.05) is 0 Å². The van der Waals surface area contributed by atoms with Gasteiger partial charge in [0.1, 0.15) is 30.1 Å². The Bertz CT molecular complexity index is 512. The summed E-state index contributed by atoms with van der Waals surface area (Å²) in [6, 6.07) is -0.348. The Hall–Kier alpha value is -1.14. The third-order valence-electron chi connectivity index (χ3n) is 4.16. The van der Waals surface area contributed by atoms with Crippen LogP contribution in [0, 0.1) is 0 Å². The Morgan fingerprint density at radius 3 is 2.64 bits per heavy atom. The summed E-state index contributed by atoms with van der Waals surface area (Å²) >= 11 is 0. The monoisotopic (exact) mass is 316 g/mol. The molecule has 0 amide bonds. The molecule has 10 heteroatoms. The van der Waals surface area contributed by atoms with E-state index in [4.69, 9.17) is 4.74 Å². The molecule has 3 heterocycles. The van der Waals surface area contributed by atoms with Crippen molar-refractivity contribution in [3.63, 3.8) is 0 Å². The van der Waals surface area contributed by atoms with Crippen LogP contribution >= 0.6 is 0 Å². The predicted octanol–water partition coefficient (Wildman–Crippen LogP) is -3.35. The molecule has 2 fully saturated rings. The minimum atomic E-state index is -1.47. The van der Waals surface area contributed by atoms with Crippen molar-refractivity contribution < 1.29 is 30.3 Å². The molecule has 124 valence electrons. The second-order valence-corrected chi connectivity index (χ2v) is 5.63. The van der Waals surface area contributed by atoms with E-state index < -0.39 is 43.4 Å². The van der Waals surface area contributed by atoms with Crippen molar-refractivity contribution in [3.05, 3.63) is 11.9 Å². The van der Waals surface area contributed by atoms with Crippen molar-refractivity contribution in [1.82, 2.24) is 20.3 Å². The Balaban J connectivity index is 1.80. The Labute approximate surface area is 125 Å². The van der Waals surface area contributed by atoms with E-state index in [0.717, 1.165) is 0 Å². The molecule has 0 aliphatic carbocycles. The minimum absolute atomic E-state index is 0.348. The molecule has 2 aliphatic rings. The molecule has 0 unspecified atom stereocenters. The quantitative estimate of drug-likeness (QED) is 0.336. The molecule has 0 aromatic carbocycles. The van der Waals surface area contributed by atoms with E-state index >= 15 is 0 Å². The van der Waals surface area contributed by atoms with Crippen LogP contribution in [0.3, 0.4) is 0 Å². The molecule has 0 radical (unpaired) electrons. The topological polar surface area (TPSA) is 153 Å². The molecule has 1 aromatic rings. The number of nitrogens with zero attached hydrogens (tertiary/aromatic N) is 3. The van der Waals surface area contributed by atoms with Gasteiger partial charge < -0.3 is 35.6 Å². The van der Waals surface area contributed by atoms with Crippen LogP contribution in [-0.2, 0) is 4.74 Å². The maximum atomic E-state index is 10.0. The van der Waals surface area contributed by atoms with Gasteiger partial charge in [0.05, 0.1) is 24.9 Å². The molecule has 2 aliphatic heterocycles. The van der Waals surface area contributed by atoms with Gasteiger partial charge in [0.2, 0.25) is 0 Å². The van der Waals surface area contributed by atoms with Gasteiger partial charge in [0.15, 0.2) is 6.23 Å².